The Morgan fingerprint density at radius 2 is 1.78 bits per heavy atom. The van der Waals surface area contributed by atoms with Crippen LogP contribution in [0.25, 0.3) is 10.9 Å². The molecule has 1 saturated carbocycles. The number of benzene rings is 2. The van der Waals surface area contributed by atoms with Gasteiger partial charge in [0.2, 0.25) is 12.3 Å². The Bertz CT molecular complexity index is 1230. The van der Waals surface area contributed by atoms with E-state index in [-0.39, 0.29) is 23.7 Å². The van der Waals surface area contributed by atoms with Crippen LogP contribution in [0.1, 0.15) is 23.2 Å². The molecular formula is C26H23N3O3. The van der Waals surface area contributed by atoms with Crippen LogP contribution in [0.15, 0.2) is 72.9 Å². The number of fused-ring (bicyclic) bond motifs is 3. The average Bonchev–Trinajstić information content (AvgIpc) is 3.48. The smallest absolute Gasteiger partial charge is 0.258 e. The van der Waals surface area contributed by atoms with Crippen molar-refractivity contribution >= 4 is 40.5 Å². The van der Waals surface area contributed by atoms with E-state index in [2.05, 4.69) is 17.1 Å². The molecule has 2 bridgehead atoms. The Kier molecular flexibility index (Phi) is 5.05. The molecular weight excluding hydrogens is 402 g/mol. The fourth-order valence-electron chi connectivity index (χ4n) is 4.91. The Morgan fingerprint density at radius 3 is 2.47 bits per heavy atom. The number of hydrogen-bond acceptors (Lipinski definition) is 4. The molecule has 1 heterocycles. The van der Waals surface area contributed by atoms with E-state index in [1.54, 1.807) is 42.4 Å². The van der Waals surface area contributed by atoms with E-state index in [9.17, 15) is 14.4 Å². The molecule has 0 saturated heterocycles. The Labute approximate surface area is 186 Å². The molecule has 2 aliphatic rings. The lowest BCUT2D eigenvalue weighted by Gasteiger charge is -2.24. The van der Waals surface area contributed by atoms with Crippen molar-refractivity contribution in [2.24, 2.45) is 17.8 Å². The maximum atomic E-state index is 13.1. The normalized spacial score (nSPS) is 21.0. The molecule has 2 aromatic carbocycles. The van der Waals surface area contributed by atoms with Crippen LogP contribution in [-0.2, 0) is 9.59 Å². The highest BCUT2D eigenvalue weighted by Gasteiger charge is 2.41. The second kappa shape index (κ2) is 8.04. The van der Waals surface area contributed by atoms with Gasteiger partial charge in [-0.3, -0.25) is 24.3 Å². The number of para-hydroxylation sites is 1. The zero-order valence-electron chi connectivity index (χ0n) is 17.7. The van der Waals surface area contributed by atoms with Crippen molar-refractivity contribution in [1.82, 2.24) is 4.98 Å². The Hall–Kier alpha value is -3.80. The molecule has 1 aromatic heterocycles. The van der Waals surface area contributed by atoms with Crippen LogP contribution in [-0.4, -0.2) is 30.3 Å². The van der Waals surface area contributed by atoms with E-state index in [0.29, 0.717) is 29.3 Å². The van der Waals surface area contributed by atoms with Gasteiger partial charge in [-0.05, 0) is 61.1 Å². The summed E-state index contributed by atoms with van der Waals surface area (Å²) in [6.07, 6.45) is 8.33. The first-order chi connectivity index (χ1) is 15.6. The van der Waals surface area contributed by atoms with Crippen LogP contribution in [0.3, 0.4) is 0 Å². The highest BCUT2D eigenvalue weighted by atomic mass is 16.2. The van der Waals surface area contributed by atoms with Crippen molar-refractivity contribution in [3.8, 4) is 0 Å². The molecule has 0 spiro atoms. The zero-order valence-corrected chi connectivity index (χ0v) is 17.7. The zero-order chi connectivity index (χ0) is 22.2. The first-order valence-electron chi connectivity index (χ1n) is 10.8. The summed E-state index contributed by atoms with van der Waals surface area (Å²) in [5.41, 5.74) is 2.40. The molecule has 32 heavy (non-hydrogen) atoms. The molecule has 0 radical (unpaired) electrons. The lowest BCUT2D eigenvalue weighted by Crippen LogP contribution is -2.37. The van der Waals surface area contributed by atoms with Crippen LogP contribution < -0.4 is 9.80 Å². The third kappa shape index (κ3) is 3.38. The van der Waals surface area contributed by atoms with Crippen LogP contribution in [0, 0.1) is 17.8 Å². The van der Waals surface area contributed by atoms with E-state index in [1.807, 2.05) is 30.3 Å². The molecule has 6 heteroatoms. The molecule has 3 aromatic rings. The largest absolute Gasteiger partial charge is 0.309 e. The molecule has 5 rings (SSSR count). The van der Waals surface area contributed by atoms with Crippen LogP contribution in [0.5, 0.6) is 0 Å². The van der Waals surface area contributed by atoms with E-state index >= 15 is 0 Å². The predicted molar refractivity (Wildman–Crippen MR) is 123 cm³/mol. The number of imide groups is 1. The maximum absolute atomic E-state index is 13.1. The van der Waals surface area contributed by atoms with Gasteiger partial charge in [-0.2, -0.15) is 0 Å². The molecule has 3 atom stereocenters. The maximum Gasteiger partial charge on any atom is 0.258 e. The third-order valence-corrected chi connectivity index (χ3v) is 6.61. The second-order valence-corrected chi connectivity index (χ2v) is 8.46. The van der Waals surface area contributed by atoms with Crippen LogP contribution >= 0.6 is 0 Å². The number of aromatic nitrogens is 1. The summed E-state index contributed by atoms with van der Waals surface area (Å²) in [5, 5.41) is 0.954. The number of allylic oxidation sites excluding steroid dienone is 2. The van der Waals surface area contributed by atoms with Crippen LogP contribution in [0.4, 0.5) is 11.4 Å². The number of hydrogen-bond donors (Lipinski definition) is 0. The Balaban J connectivity index is 1.36. The van der Waals surface area contributed by atoms with Gasteiger partial charge in [-0.15, -0.1) is 0 Å². The molecule has 160 valence electrons. The number of carbonyl (C=O) groups is 3. The van der Waals surface area contributed by atoms with Crippen molar-refractivity contribution < 1.29 is 14.4 Å². The summed E-state index contributed by atoms with van der Waals surface area (Å²) in [5.74, 6) is 0.147. The minimum atomic E-state index is -0.197. The average molecular weight is 425 g/mol. The fourth-order valence-corrected chi connectivity index (χ4v) is 4.91. The number of nitrogens with zero attached hydrogens (tertiary/aromatic N) is 3. The highest BCUT2D eigenvalue weighted by molar-refractivity contribution is 6.11. The van der Waals surface area contributed by atoms with Gasteiger partial charge in [0.15, 0.2) is 0 Å². The number of pyridine rings is 1. The minimum absolute atomic E-state index is 0.151. The van der Waals surface area contributed by atoms with Gasteiger partial charge < -0.3 is 4.90 Å². The van der Waals surface area contributed by atoms with Gasteiger partial charge in [0.25, 0.3) is 5.91 Å². The summed E-state index contributed by atoms with van der Waals surface area (Å²) >= 11 is 0. The van der Waals surface area contributed by atoms with Crippen molar-refractivity contribution in [2.45, 2.75) is 12.8 Å². The molecule has 0 aliphatic heterocycles. The number of amides is 3. The molecule has 0 N–H and O–H groups in total. The Morgan fingerprint density at radius 1 is 1.00 bits per heavy atom. The molecule has 3 unspecified atom stereocenters. The first kappa shape index (κ1) is 20.1. The lowest BCUT2D eigenvalue weighted by molar-refractivity contribution is -0.125. The molecule has 1 fully saturated rings. The standard InChI is InChI=1S/C26H23N3O3/c1-28(23-6-2-4-18-5-3-13-27-24(18)23)25(31)19-9-11-21(12-10-19)29(16-30)26(32)22-15-17-7-8-20(22)14-17/h2-13,16-17,20,22H,14-15H2,1H3. The van der Waals surface area contributed by atoms with Crippen molar-refractivity contribution in [3.05, 3.63) is 78.5 Å². The number of carbonyl (C=O) groups excluding carboxylic acids is 3. The lowest BCUT2D eigenvalue weighted by atomic mass is 9.92. The third-order valence-electron chi connectivity index (χ3n) is 6.61. The van der Waals surface area contributed by atoms with Gasteiger partial charge >= 0.3 is 0 Å². The van der Waals surface area contributed by atoms with E-state index in [1.165, 1.54) is 4.90 Å². The van der Waals surface area contributed by atoms with Crippen LogP contribution in [0.2, 0.25) is 0 Å². The predicted octanol–water partition coefficient (Wildman–Crippen LogP) is 4.21. The SMILES string of the molecule is CN(C(=O)c1ccc(N(C=O)C(=O)C2CC3C=CC2C3)cc1)c1cccc2cccnc12. The van der Waals surface area contributed by atoms with Gasteiger partial charge in [-0.25, -0.2) is 0 Å². The number of anilines is 2. The highest BCUT2D eigenvalue weighted by Crippen LogP contribution is 2.44. The van der Waals surface area contributed by atoms with Gasteiger partial charge in [0.1, 0.15) is 0 Å². The van der Waals surface area contributed by atoms with E-state index in [0.717, 1.165) is 23.7 Å². The summed E-state index contributed by atoms with van der Waals surface area (Å²) in [6.45, 7) is 0. The van der Waals surface area contributed by atoms with E-state index in [4.69, 9.17) is 0 Å². The van der Waals surface area contributed by atoms with Crippen molar-refractivity contribution in [2.75, 3.05) is 16.8 Å². The molecule has 2 aliphatic carbocycles. The minimum Gasteiger partial charge on any atom is -0.309 e. The summed E-state index contributed by atoms with van der Waals surface area (Å²) in [7, 11) is 1.71. The fraction of sp³-hybridized carbons (Fsp3) is 0.231. The molecule has 6 nitrogen and oxygen atoms in total. The quantitative estimate of drug-likeness (QED) is 0.453. The summed E-state index contributed by atoms with van der Waals surface area (Å²) in [6, 6.07) is 16.1. The monoisotopic (exact) mass is 425 g/mol. The van der Waals surface area contributed by atoms with Gasteiger partial charge in [0.05, 0.1) is 16.9 Å². The molecule has 3 amide bonds. The van der Waals surface area contributed by atoms with Crippen molar-refractivity contribution in [3.63, 3.8) is 0 Å². The summed E-state index contributed by atoms with van der Waals surface area (Å²) in [4.78, 5) is 45.0. The first-order valence-corrected chi connectivity index (χ1v) is 10.8. The second-order valence-electron chi connectivity index (χ2n) is 8.46. The van der Waals surface area contributed by atoms with Gasteiger partial charge in [-0.1, -0.05) is 30.4 Å². The topological polar surface area (TPSA) is 70.6 Å². The number of rotatable bonds is 5. The van der Waals surface area contributed by atoms with Gasteiger partial charge in [0, 0.05) is 30.1 Å². The van der Waals surface area contributed by atoms with Crippen molar-refractivity contribution in [1.29, 1.82) is 0 Å². The summed E-state index contributed by atoms with van der Waals surface area (Å²) < 4.78 is 0. The van der Waals surface area contributed by atoms with E-state index < -0.39 is 0 Å².